The van der Waals surface area contributed by atoms with Crippen molar-refractivity contribution in [3.05, 3.63) is 60.8 Å². The Morgan fingerprint density at radius 3 is 1.69 bits per heavy atom. The summed E-state index contributed by atoms with van der Waals surface area (Å²) in [6.07, 6.45) is 39.7. The minimum absolute atomic E-state index is 0.209. The molecule has 0 aromatic carbocycles. The van der Waals surface area contributed by atoms with Gasteiger partial charge < -0.3 is 40.3 Å². The first-order chi connectivity index (χ1) is 26.8. The number of carbonyl (C=O) groups excluding carboxylic acids is 1. The molecule has 7 atom stereocenters. The number of amides is 1. The molecule has 0 radical (unpaired) electrons. The second-order valence-corrected chi connectivity index (χ2v) is 15.1. The molecule has 0 aromatic heterocycles. The highest BCUT2D eigenvalue weighted by Crippen LogP contribution is 2.22. The molecule has 0 aliphatic carbocycles. The third-order valence-electron chi connectivity index (χ3n) is 10.0. The quantitative estimate of drug-likeness (QED) is 0.0277. The largest absolute Gasteiger partial charge is 0.394 e. The normalized spacial score (nSPS) is 21.9. The van der Waals surface area contributed by atoms with Crippen molar-refractivity contribution >= 4 is 5.91 Å². The first-order valence-corrected chi connectivity index (χ1v) is 22.0. The maximum atomic E-state index is 12.9. The molecule has 1 aliphatic heterocycles. The molecular weight excluding hydrogens is 695 g/mol. The lowest BCUT2D eigenvalue weighted by Crippen LogP contribution is -2.60. The van der Waals surface area contributed by atoms with Gasteiger partial charge in [-0.15, -0.1) is 0 Å². The Bertz CT molecular complexity index is 1040. The fourth-order valence-corrected chi connectivity index (χ4v) is 6.44. The summed E-state index contributed by atoms with van der Waals surface area (Å²) in [5.41, 5.74) is 0. The summed E-state index contributed by atoms with van der Waals surface area (Å²) in [7, 11) is 0. The van der Waals surface area contributed by atoms with Gasteiger partial charge in [-0.05, 0) is 70.6 Å². The van der Waals surface area contributed by atoms with Crippen molar-refractivity contribution in [1.29, 1.82) is 0 Å². The third kappa shape index (κ3) is 27.2. The molecule has 0 spiro atoms. The van der Waals surface area contributed by atoms with Crippen LogP contribution in [-0.4, -0.2) is 87.5 Å². The monoisotopic (exact) mass is 776 g/mol. The van der Waals surface area contributed by atoms with Gasteiger partial charge in [0, 0.05) is 6.42 Å². The van der Waals surface area contributed by atoms with E-state index < -0.39 is 49.5 Å². The van der Waals surface area contributed by atoms with Crippen LogP contribution in [0.2, 0.25) is 0 Å². The number of hydrogen-bond donors (Lipinski definition) is 6. The van der Waals surface area contributed by atoms with Crippen molar-refractivity contribution in [1.82, 2.24) is 5.32 Å². The second kappa shape index (κ2) is 36.2. The third-order valence-corrected chi connectivity index (χ3v) is 10.0. The molecule has 6 N–H and O–H groups in total. The van der Waals surface area contributed by atoms with E-state index in [0.717, 1.165) is 83.5 Å². The molecule has 7 unspecified atom stereocenters. The van der Waals surface area contributed by atoms with E-state index in [-0.39, 0.29) is 12.5 Å². The average Bonchev–Trinajstić information content (AvgIpc) is 3.18. The smallest absolute Gasteiger partial charge is 0.220 e. The molecule has 9 nitrogen and oxygen atoms in total. The van der Waals surface area contributed by atoms with Gasteiger partial charge >= 0.3 is 0 Å². The highest BCUT2D eigenvalue weighted by Gasteiger charge is 2.44. The summed E-state index contributed by atoms with van der Waals surface area (Å²) >= 11 is 0. The van der Waals surface area contributed by atoms with Crippen molar-refractivity contribution in [2.24, 2.45) is 0 Å². The predicted octanol–water partition coefficient (Wildman–Crippen LogP) is 8.83. The van der Waals surface area contributed by atoms with Crippen LogP contribution in [0.4, 0.5) is 0 Å². The molecule has 1 aliphatic rings. The van der Waals surface area contributed by atoms with Crippen molar-refractivity contribution in [2.45, 2.75) is 211 Å². The van der Waals surface area contributed by atoms with Crippen molar-refractivity contribution in [3.63, 3.8) is 0 Å². The van der Waals surface area contributed by atoms with Crippen molar-refractivity contribution < 1.29 is 39.8 Å². The summed E-state index contributed by atoms with van der Waals surface area (Å²) in [6.45, 7) is 3.67. The summed E-state index contributed by atoms with van der Waals surface area (Å²) < 4.78 is 11.2. The van der Waals surface area contributed by atoms with Crippen LogP contribution in [0.15, 0.2) is 60.8 Å². The van der Waals surface area contributed by atoms with E-state index in [2.05, 4.69) is 67.8 Å². The van der Waals surface area contributed by atoms with Gasteiger partial charge in [0.1, 0.15) is 24.4 Å². The number of aliphatic hydroxyl groups is 5. The maximum absolute atomic E-state index is 12.9. The fraction of sp³-hybridized carbons (Fsp3) is 0.761. The Morgan fingerprint density at radius 1 is 0.618 bits per heavy atom. The van der Waals surface area contributed by atoms with Gasteiger partial charge in [-0.1, -0.05) is 152 Å². The van der Waals surface area contributed by atoms with E-state index in [9.17, 15) is 30.3 Å². The zero-order chi connectivity index (χ0) is 40.2. The molecule has 55 heavy (non-hydrogen) atoms. The van der Waals surface area contributed by atoms with E-state index in [1.807, 2.05) is 6.08 Å². The molecule has 1 saturated heterocycles. The Labute approximate surface area is 335 Å². The number of unbranched alkanes of at least 4 members (excludes halogenated alkanes) is 17. The van der Waals surface area contributed by atoms with Crippen LogP contribution in [-0.2, 0) is 14.3 Å². The lowest BCUT2D eigenvalue weighted by molar-refractivity contribution is -0.302. The second-order valence-electron chi connectivity index (χ2n) is 15.1. The summed E-state index contributed by atoms with van der Waals surface area (Å²) in [5, 5.41) is 54.1. The standard InChI is InChI=1S/C46H81NO8/c1-3-5-7-9-11-13-15-17-19-20-21-22-23-25-27-29-31-33-35-40(49)39(38-54-46-45(53)44(52)43(51)41(37-48)55-46)47-42(50)36-34-32-30-28-26-24-18-16-14-12-10-8-6-4-2/h10,12,16,18,20-21,25,27,33,35,39-41,43-46,48-49,51-53H,3-9,11,13-15,17,19,22-24,26,28-32,34,36-38H2,1-2H3,(H,47,50)/b12-10-,18-16-,21-20+,27-25+,35-33+. The number of ether oxygens (including phenoxy) is 2. The molecule has 1 heterocycles. The molecule has 0 bridgehead atoms. The Morgan fingerprint density at radius 2 is 1.11 bits per heavy atom. The van der Waals surface area contributed by atoms with Gasteiger partial charge in [0.05, 0.1) is 25.4 Å². The van der Waals surface area contributed by atoms with Crippen LogP contribution in [0.3, 0.4) is 0 Å². The number of nitrogens with one attached hydrogen (secondary N) is 1. The predicted molar refractivity (Wildman–Crippen MR) is 226 cm³/mol. The summed E-state index contributed by atoms with van der Waals surface area (Å²) in [4.78, 5) is 12.9. The average molecular weight is 776 g/mol. The molecule has 1 fully saturated rings. The number of aliphatic hydroxyl groups excluding tert-OH is 5. The van der Waals surface area contributed by atoms with Crippen LogP contribution in [0.5, 0.6) is 0 Å². The summed E-state index contributed by atoms with van der Waals surface area (Å²) in [6, 6.07) is -0.836. The van der Waals surface area contributed by atoms with Gasteiger partial charge in [0.25, 0.3) is 0 Å². The Kier molecular flexibility index (Phi) is 33.5. The summed E-state index contributed by atoms with van der Waals surface area (Å²) in [5.74, 6) is -0.209. The van der Waals surface area contributed by atoms with Crippen molar-refractivity contribution in [2.75, 3.05) is 13.2 Å². The van der Waals surface area contributed by atoms with Gasteiger partial charge in [0.2, 0.25) is 5.91 Å². The lowest BCUT2D eigenvalue weighted by atomic mass is 9.99. The molecule has 9 heteroatoms. The van der Waals surface area contributed by atoms with E-state index >= 15 is 0 Å². The van der Waals surface area contributed by atoms with E-state index in [4.69, 9.17) is 9.47 Å². The number of hydrogen-bond acceptors (Lipinski definition) is 8. The van der Waals surface area contributed by atoms with Gasteiger partial charge in [0.15, 0.2) is 6.29 Å². The fourth-order valence-electron chi connectivity index (χ4n) is 6.44. The topological polar surface area (TPSA) is 149 Å². The number of allylic oxidation sites excluding steroid dienone is 9. The first kappa shape index (κ1) is 50.9. The van der Waals surface area contributed by atoms with Crippen LogP contribution < -0.4 is 5.32 Å². The highest BCUT2D eigenvalue weighted by atomic mass is 16.7. The lowest BCUT2D eigenvalue weighted by Gasteiger charge is -2.40. The highest BCUT2D eigenvalue weighted by molar-refractivity contribution is 5.76. The van der Waals surface area contributed by atoms with E-state index in [1.54, 1.807) is 6.08 Å². The van der Waals surface area contributed by atoms with Gasteiger partial charge in [-0.3, -0.25) is 4.79 Å². The molecule has 1 rings (SSSR count). The minimum Gasteiger partial charge on any atom is -0.394 e. The SMILES string of the molecule is CCCC/C=C\C/C=C\CCCCCCCC(=O)NC(COC1OC(CO)C(O)C(O)C1O)C(O)/C=C/CC/C=C/CC/C=C/CCCCCCCCCC. The zero-order valence-electron chi connectivity index (χ0n) is 34.7. The van der Waals surface area contributed by atoms with Crippen LogP contribution >= 0.6 is 0 Å². The van der Waals surface area contributed by atoms with Crippen LogP contribution in [0.1, 0.15) is 168 Å². The first-order valence-electron chi connectivity index (χ1n) is 22.0. The molecular formula is C46H81NO8. The molecule has 0 saturated carbocycles. The Hall–Kier alpha value is -2.11. The molecule has 318 valence electrons. The van der Waals surface area contributed by atoms with Gasteiger partial charge in [-0.2, -0.15) is 0 Å². The number of carbonyl (C=O) groups is 1. The number of rotatable bonds is 35. The van der Waals surface area contributed by atoms with Crippen LogP contribution in [0, 0.1) is 0 Å². The zero-order valence-corrected chi connectivity index (χ0v) is 34.7. The van der Waals surface area contributed by atoms with E-state index in [0.29, 0.717) is 6.42 Å². The Balaban J connectivity index is 2.45. The van der Waals surface area contributed by atoms with Gasteiger partial charge in [-0.25, -0.2) is 0 Å². The molecule has 0 aromatic rings. The maximum Gasteiger partial charge on any atom is 0.220 e. The molecule has 1 amide bonds. The minimum atomic E-state index is -1.58. The van der Waals surface area contributed by atoms with E-state index in [1.165, 1.54) is 64.2 Å². The van der Waals surface area contributed by atoms with Crippen LogP contribution in [0.25, 0.3) is 0 Å². The van der Waals surface area contributed by atoms with Crippen molar-refractivity contribution in [3.8, 4) is 0 Å².